The summed E-state index contributed by atoms with van der Waals surface area (Å²) >= 11 is 0. The zero-order chi connectivity index (χ0) is 15.4. The second-order valence-electron chi connectivity index (χ2n) is 5.12. The number of nitrogens with zero attached hydrogens (tertiary/aromatic N) is 2. The van der Waals surface area contributed by atoms with Crippen LogP contribution in [0.25, 0.3) is 0 Å². The summed E-state index contributed by atoms with van der Waals surface area (Å²) in [7, 11) is 1.61. The third kappa shape index (κ3) is 3.98. The van der Waals surface area contributed by atoms with E-state index in [1.807, 2.05) is 26.0 Å². The van der Waals surface area contributed by atoms with E-state index in [2.05, 4.69) is 15.3 Å². The van der Waals surface area contributed by atoms with Gasteiger partial charge in [0, 0.05) is 18.9 Å². The van der Waals surface area contributed by atoms with Gasteiger partial charge in [-0.3, -0.25) is 0 Å². The number of aryl methyl sites for hydroxylation is 2. The topological polar surface area (TPSA) is 47.0 Å². The molecule has 1 aromatic carbocycles. The first-order chi connectivity index (χ1) is 9.99. The highest BCUT2D eigenvalue weighted by Crippen LogP contribution is 2.20. The SMILES string of the molecule is COCc1nc(C)cc(NC(C)c2ccc(C)c(F)c2)n1. The monoisotopic (exact) mass is 289 g/mol. The van der Waals surface area contributed by atoms with Gasteiger partial charge in [0.1, 0.15) is 18.2 Å². The van der Waals surface area contributed by atoms with E-state index in [-0.39, 0.29) is 11.9 Å². The molecular weight excluding hydrogens is 269 g/mol. The van der Waals surface area contributed by atoms with Gasteiger partial charge in [0.05, 0.1) is 6.04 Å². The van der Waals surface area contributed by atoms with Crippen molar-refractivity contribution in [3.8, 4) is 0 Å². The molecule has 112 valence electrons. The average molecular weight is 289 g/mol. The van der Waals surface area contributed by atoms with Gasteiger partial charge < -0.3 is 10.1 Å². The third-order valence-corrected chi connectivity index (χ3v) is 3.23. The fraction of sp³-hybridized carbons (Fsp3) is 0.375. The van der Waals surface area contributed by atoms with Crippen LogP contribution in [0.3, 0.4) is 0 Å². The lowest BCUT2D eigenvalue weighted by Gasteiger charge is -2.16. The number of hydrogen-bond donors (Lipinski definition) is 1. The van der Waals surface area contributed by atoms with Gasteiger partial charge in [0.2, 0.25) is 0 Å². The summed E-state index contributed by atoms with van der Waals surface area (Å²) in [6.45, 7) is 5.99. The van der Waals surface area contributed by atoms with Crippen LogP contribution < -0.4 is 5.32 Å². The predicted octanol–water partition coefficient (Wildman–Crippen LogP) is 3.55. The molecule has 1 heterocycles. The van der Waals surface area contributed by atoms with Crippen LogP contribution in [0.5, 0.6) is 0 Å². The first-order valence-electron chi connectivity index (χ1n) is 6.85. The van der Waals surface area contributed by atoms with E-state index in [0.717, 1.165) is 11.3 Å². The summed E-state index contributed by atoms with van der Waals surface area (Å²) in [6.07, 6.45) is 0. The van der Waals surface area contributed by atoms with Gasteiger partial charge in [-0.05, 0) is 38.0 Å². The fourth-order valence-electron chi connectivity index (χ4n) is 2.08. The summed E-state index contributed by atoms with van der Waals surface area (Å²) < 4.78 is 18.7. The molecule has 0 amide bonds. The van der Waals surface area contributed by atoms with Gasteiger partial charge in [0.15, 0.2) is 5.82 Å². The number of aromatic nitrogens is 2. The minimum atomic E-state index is -0.194. The second kappa shape index (κ2) is 6.63. The molecule has 0 bridgehead atoms. The zero-order valence-corrected chi connectivity index (χ0v) is 12.8. The van der Waals surface area contributed by atoms with Gasteiger partial charge in [0.25, 0.3) is 0 Å². The number of ether oxygens (including phenoxy) is 1. The van der Waals surface area contributed by atoms with E-state index in [9.17, 15) is 4.39 Å². The number of anilines is 1. The van der Waals surface area contributed by atoms with Crippen molar-refractivity contribution in [3.05, 3.63) is 52.7 Å². The number of hydrogen-bond acceptors (Lipinski definition) is 4. The summed E-state index contributed by atoms with van der Waals surface area (Å²) in [5.41, 5.74) is 2.38. The minimum Gasteiger partial charge on any atom is -0.377 e. The molecule has 0 spiro atoms. The Labute approximate surface area is 124 Å². The average Bonchev–Trinajstić information content (AvgIpc) is 2.41. The number of halogens is 1. The molecule has 21 heavy (non-hydrogen) atoms. The van der Waals surface area contributed by atoms with Crippen LogP contribution in [-0.2, 0) is 11.3 Å². The second-order valence-corrected chi connectivity index (χ2v) is 5.12. The molecule has 0 fully saturated rings. The molecule has 2 rings (SSSR count). The zero-order valence-electron chi connectivity index (χ0n) is 12.8. The molecule has 0 aliphatic rings. The molecule has 2 aromatic rings. The number of methoxy groups -OCH3 is 1. The van der Waals surface area contributed by atoms with E-state index >= 15 is 0 Å². The maximum absolute atomic E-state index is 13.6. The normalized spacial score (nSPS) is 12.2. The Hall–Kier alpha value is -2.01. The Morgan fingerprint density at radius 3 is 2.67 bits per heavy atom. The van der Waals surface area contributed by atoms with Crippen LogP contribution in [0.4, 0.5) is 10.2 Å². The van der Waals surface area contributed by atoms with Gasteiger partial charge in [-0.2, -0.15) is 0 Å². The Bertz CT molecular complexity index is 631. The molecule has 0 radical (unpaired) electrons. The molecule has 0 aliphatic heterocycles. The molecule has 0 saturated carbocycles. The third-order valence-electron chi connectivity index (χ3n) is 3.23. The van der Waals surface area contributed by atoms with Crippen molar-refractivity contribution in [2.75, 3.05) is 12.4 Å². The van der Waals surface area contributed by atoms with E-state index in [4.69, 9.17) is 4.74 Å². The molecule has 0 aliphatic carbocycles. The highest BCUT2D eigenvalue weighted by atomic mass is 19.1. The lowest BCUT2D eigenvalue weighted by atomic mass is 10.1. The molecular formula is C16H20FN3O. The van der Waals surface area contributed by atoms with Crippen molar-refractivity contribution >= 4 is 5.82 Å². The largest absolute Gasteiger partial charge is 0.377 e. The maximum atomic E-state index is 13.6. The van der Waals surface area contributed by atoms with Crippen LogP contribution in [0.2, 0.25) is 0 Å². The van der Waals surface area contributed by atoms with Crippen LogP contribution in [0.1, 0.15) is 35.6 Å². The molecule has 0 saturated heterocycles. The Morgan fingerprint density at radius 2 is 2.00 bits per heavy atom. The van der Waals surface area contributed by atoms with Gasteiger partial charge in [-0.25, -0.2) is 14.4 Å². The Morgan fingerprint density at radius 1 is 1.24 bits per heavy atom. The van der Waals surface area contributed by atoms with Crippen molar-refractivity contribution in [3.63, 3.8) is 0 Å². The minimum absolute atomic E-state index is 0.0511. The van der Waals surface area contributed by atoms with Gasteiger partial charge in [-0.15, -0.1) is 0 Å². The quantitative estimate of drug-likeness (QED) is 0.914. The van der Waals surface area contributed by atoms with Crippen LogP contribution in [-0.4, -0.2) is 17.1 Å². The van der Waals surface area contributed by atoms with E-state index < -0.39 is 0 Å². The van der Waals surface area contributed by atoms with Crippen molar-refractivity contribution < 1.29 is 9.13 Å². The van der Waals surface area contributed by atoms with Crippen LogP contribution >= 0.6 is 0 Å². The number of nitrogens with one attached hydrogen (secondary N) is 1. The summed E-state index contributed by atoms with van der Waals surface area (Å²) in [5.74, 6) is 1.14. The maximum Gasteiger partial charge on any atom is 0.156 e. The molecule has 1 N–H and O–H groups in total. The van der Waals surface area contributed by atoms with E-state index in [0.29, 0.717) is 23.8 Å². The fourth-order valence-corrected chi connectivity index (χ4v) is 2.08. The predicted molar refractivity (Wildman–Crippen MR) is 80.7 cm³/mol. The van der Waals surface area contributed by atoms with Gasteiger partial charge >= 0.3 is 0 Å². The summed E-state index contributed by atoms with van der Waals surface area (Å²) in [5, 5.41) is 3.27. The molecule has 1 aromatic heterocycles. The highest BCUT2D eigenvalue weighted by molar-refractivity contribution is 5.40. The molecule has 5 heteroatoms. The van der Waals surface area contributed by atoms with Crippen molar-refractivity contribution in [2.45, 2.75) is 33.4 Å². The van der Waals surface area contributed by atoms with Crippen molar-refractivity contribution in [2.24, 2.45) is 0 Å². The first kappa shape index (κ1) is 15.4. The smallest absolute Gasteiger partial charge is 0.156 e. The van der Waals surface area contributed by atoms with Crippen LogP contribution in [0.15, 0.2) is 24.3 Å². The lowest BCUT2D eigenvalue weighted by molar-refractivity contribution is 0.177. The Balaban J connectivity index is 2.18. The van der Waals surface area contributed by atoms with Crippen molar-refractivity contribution in [1.29, 1.82) is 0 Å². The number of benzene rings is 1. The summed E-state index contributed by atoms with van der Waals surface area (Å²) in [6, 6.07) is 7.06. The van der Waals surface area contributed by atoms with E-state index in [1.165, 1.54) is 0 Å². The Kier molecular flexibility index (Phi) is 4.85. The number of rotatable bonds is 5. The molecule has 4 nitrogen and oxygen atoms in total. The van der Waals surface area contributed by atoms with Crippen LogP contribution in [0, 0.1) is 19.7 Å². The highest BCUT2D eigenvalue weighted by Gasteiger charge is 2.10. The summed E-state index contributed by atoms with van der Waals surface area (Å²) in [4.78, 5) is 8.68. The van der Waals surface area contributed by atoms with Gasteiger partial charge in [-0.1, -0.05) is 12.1 Å². The molecule has 1 atom stereocenters. The van der Waals surface area contributed by atoms with Crippen molar-refractivity contribution in [1.82, 2.24) is 9.97 Å². The molecule has 1 unspecified atom stereocenters. The lowest BCUT2D eigenvalue weighted by Crippen LogP contribution is -2.10. The standard InChI is InChI=1S/C16H20FN3O/c1-10-5-6-13(8-14(10)17)12(3)19-15-7-11(2)18-16(20-15)9-21-4/h5-8,12H,9H2,1-4H3,(H,18,19,20). The first-order valence-corrected chi connectivity index (χ1v) is 6.85. The van der Waals surface area contributed by atoms with E-state index in [1.54, 1.807) is 26.2 Å².